The van der Waals surface area contributed by atoms with E-state index in [9.17, 15) is 13.2 Å². The Balaban J connectivity index is 1.60. The summed E-state index contributed by atoms with van der Waals surface area (Å²) in [7, 11) is -0.332. The molecule has 1 N–H and O–H groups in total. The summed E-state index contributed by atoms with van der Waals surface area (Å²) in [6.07, 6.45) is 0.213. The molecular formula is C17H23N3O5S. The number of morpholine rings is 1. The molecule has 3 aliphatic rings. The first-order valence-electron chi connectivity index (χ1n) is 8.64. The standard InChI is InChI=1S/C17H23N3O5S/c1-18-16(21)19-9-14-7-15-17(10-19,25-14)11-20(26(15,22)23)8-12-4-3-5-13(6-12)24-2/h3-6,14-15H,7-11H2,1-2H3,(H,18,21)/t14-,15+,17+/m1/s1. The summed E-state index contributed by atoms with van der Waals surface area (Å²) >= 11 is 0. The number of nitrogens with zero attached hydrogens (tertiary/aromatic N) is 2. The van der Waals surface area contributed by atoms with Crippen LogP contribution in [0, 0.1) is 0 Å². The van der Waals surface area contributed by atoms with Crippen LogP contribution in [0.1, 0.15) is 12.0 Å². The zero-order chi connectivity index (χ0) is 18.5. The molecule has 1 spiro atoms. The molecule has 3 fully saturated rings. The van der Waals surface area contributed by atoms with Gasteiger partial charge in [-0.15, -0.1) is 0 Å². The molecule has 3 heterocycles. The lowest BCUT2D eigenvalue weighted by atomic mass is 9.99. The fraction of sp³-hybridized carbons (Fsp3) is 0.588. The van der Waals surface area contributed by atoms with E-state index >= 15 is 0 Å². The van der Waals surface area contributed by atoms with Gasteiger partial charge in [-0.2, -0.15) is 4.31 Å². The number of fused-ring (bicyclic) bond motifs is 1. The van der Waals surface area contributed by atoms with Crippen molar-refractivity contribution in [1.82, 2.24) is 14.5 Å². The average Bonchev–Trinajstić information content (AvgIpc) is 3.00. The van der Waals surface area contributed by atoms with Crippen molar-refractivity contribution in [1.29, 1.82) is 0 Å². The Hall–Kier alpha value is -1.84. The number of hydrogen-bond donors (Lipinski definition) is 1. The first-order chi connectivity index (χ1) is 12.4. The van der Waals surface area contributed by atoms with Crippen LogP contribution in [-0.4, -0.2) is 74.4 Å². The summed E-state index contributed by atoms with van der Waals surface area (Å²) in [6, 6.07) is 7.19. The molecule has 9 heteroatoms. The number of urea groups is 1. The van der Waals surface area contributed by atoms with E-state index in [-0.39, 0.29) is 25.2 Å². The monoisotopic (exact) mass is 381 g/mol. The van der Waals surface area contributed by atoms with Crippen molar-refractivity contribution in [3.05, 3.63) is 29.8 Å². The normalized spacial score (nSPS) is 32.3. The summed E-state index contributed by atoms with van der Waals surface area (Å²) < 4.78 is 39.0. The zero-order valence-corrected chi connectivity index (χ0v) is 15.7. The number of amides is 2. The molecule has 2 bridgehead atoms. The molecule has 2 amide bonds. The summed E-state index contributed by atoms with van der Waals surface area (Å²) in [4.78, 5) is 13.7. The highest BCUT2D eigenvalue weighted by Crippen LogP contribution is 2.47. The Kier molecular flexibility index (Phi) is 4.13. The minimum Gasteiger partial charge on any atom is -0.497 e. The van der Waals surface area contributed by atoms with Gasteiger partial charge >= 0.3 is 6.03 Å². The molecule has 3 atom stereocenters. The highest BCUT2D eigenvalue weighted by atomic mass is 32.2. The molecule has 0 radical (unpaired) electrons. The van der Waals surface area contributed by atoms with Gasteiger partial charge in [0.05, 0.1) is 19.8 Å². The second-order valence-corrected chi connectivity index (χ2v) is 9.24. The molecule has 3 saturated heterocycles. The molecule has 0 aliphatic carbocycles. The number of hydrogen-bond acceptors (Lipinski definition) is 5. The molecular weight excluding hydrogens is 358 g/mol. The zero-order valence-electron chi connectivity index (χ0n) is 14.8. The van der Waals surface area contributed by atoms with Crippen LogP contribution >= 0.6 is 0 Å². The van der Waals surface area contributed by atoms with Gasteiger partial charge < -0.3 is 19.7 Å². The Labute approximate surface area is 153 Å². The van der Waals surface area contributed by atoms with Gasteiger partial charge in [-0.05, 0) is 24.1 Å². The van der Waals surface area contributed by atoms with Crippen LogP contribution in [0.2, 0.25) is 0 Å². The molecule has 0 saturated carbocycles. The molecule has 4 rings (SSSR count). The lowest BCUT2D eigenvalue weighted by molar-refractivity contribution is -0.0956. The van der Waals surface area contributed by atoms with Gasteiger partial charge in [0.2, 0.25) is 10.0 Å². The summed E-state index contributed by atoms with van der Waals surface area (Å²) in [5.41, 5.74) is 0.0208. The lowest BCUT2D eigenvalue weighted by Crippen LogP contribution is -2.58. The molecule has 26 heavy (non-hydrogen) atoms. The number of carbonyl (C=O) groups excluding carboxylic acids is 1. The smallest absolute Gasteiger partial charge is 0.317 e. The van der Waals surface area contributed by atoms with Gasteiger partial charge in [-0.25, -0.2) is 13.2 Å². The van der Waals surface area contributed by atoms with E-state index in [2.05, 4.69) is 5.32 Å². The van der Waals surface area contributed by atoms with Gasteiger partial charge in [0.15, 0.2) is 0 Å². The fourth-order valence-electron chi connectivity index (χ4n) is 4.38. The van der Waals surface area contributed by atoms with Crippen LogP contribution in [0.15, 0.2) is 24.3 Å². The number of nitrogens with one attached hydrogen (secondary N) is 1. The number of rotatable bonds is 3. The van der Waals surface area contributed by atoms with E-state index in [1.54, 1.807) is 19.1 Å². The minimum absolute atomic E-state index is 0.193. The Morgan fingerprint density at radius 1 is 1.42 bits per heavy atom. The molecule has 0 unspecified atom stereocenters. The number of ether oxygens (including phenoxy) is 2. The van der Waals surface area contributed by atoms with Gasteiger partial charge in [-0.3, -0.25) is 0 Å². The lowest BCUT2D eigenvalue weighted by Gasteiger charge is -2.39. The second kappa shape index (κ2) is 6.11. The Morgan fingerprint density at radius 3 is 2.96 bits per heavy atom. The van der Waals surface area contributed by atoms with Gasteiger partial charge in [0.1, 0.15) is 16.6 Å². The van der Waals surface area contributed by atoms with Crippen molar-refractivity contribution in [2.75, 3.05) is 33.8 Å². The molecule has 0 aromatic heterocycles. The first-order valence-corrected chi connectivity index (χ1v) is 10.1. The maximum Gasteiger partial charge on any atom is 0.317 e. The topological polar surface area (TPSA) is 88.2 Å². The molecule has 142 valence electrons. The molecule has 1 aromatic rings. The largest absolute Gasteiger partial charge is 0.497 e. The van der Waals surface area contributed by atoms with Gasteiger partial charge in [0, 0.05) is 26.7 Å². The highest BCUT2D eigenvalue weighted by molar-refractivity contribution is 7.90. The summed E-state index contributed by atoms with van der Waals surface area (Å²) in [6.45, 7) is 1.26. The molecule has 3 aliphatic heterocycles. The fourth-order valence-corrected chi connectivity index (χ4v) is 6.67. The number of likely N-dealkylation sites (tertiary alicyclic amines) is 1. The Morgan fingerprint density at radius 2 is 2.23 bits per heavy atom. The van der Waals surface area contributed by atoms with Crippen LogP contribution in [0.5, 0.6) is 5.75 Å². The SMILES string of the molecule is CNC(=O)N1C[C@H]2C[C@H]3[C@](C1)(CN(Cc1cccc(OC)c1)S3(=O)=O)O2. The number of methoxy groups -OCH3 is 1. The number of benzene rings is 1. The van der Waals surface area contributed by atoms with Crippen LogP contribution in [0.4, 0.5) is 4.79 Å². The van der Waals surface area contributed by atoms with Crippen molar-refractivity contribution >= 4 is 16.1 Å². The maximum absolute atomic E-state index is 13.1. The van der Waals surface area contributed by atoms with Gasteiger partial charge in [-0.1, -0.05) is 12.1 Å². The third-order valence-electron chi connectivity index (χ3n) is 5.51. The predicted molar refractivity (Wildman–Crippen MR) is 94.4 cm³/mol. The number of carbonyl (C=O) groups is 1. The van der Waals surface area contributed by atoms with Crippen molar-refractivity contribution < 1.29 is 22.7 Å². The van der Waals surface area contributed by atoms with E-state index < -0.39 is 20.9 Å². The minimum atomic E-state index is -3.49. The third kappa shape index (κ3) is 2.65. The van der Waals surface area contributed by atoms with Gasteiger partial charge in [0.25, 0.3) is 0 Å². The highest BCUT2D eigenvalue weighted by Gasteiger charge is 2.65. The molecule has 1 aromatic carbocycles. The first kappa shape index (κ1) is 17.6. The summed E-state index contributed by atoms with van der Waals surface area (Å²) in [5.74, 6) is 0.692. The maximum atomic E-state index is 13.1. The molecule has 8 nitrogen and oxygen atoms in total. The predicted octanol–water partition coefficient (Wildman–Crippen LogP) is 0.392. The van der Waals surface area contributed by atoms with Crippen molar-refractivity contribution in [2.45, 2.75) is 29.9 Å². The summed E-state index contributed by atoms with van der Waals surface area (Å²) in [5, 5.41) is 2.02. The third-order valence-corrected chi connectivity index (χ3v) is 7.82. The van der Waals surface area contributed by atoms with Crippen LogP contribution in [0.3, 0.4) is 0 Å². The van der Waals surface area contributed by atoms with E-state index in [1.807, 2.05) is 24.3 Å². The van der Waals surface area contributed by atoms with Crippen molar-refractivity contribution in [3.8, 4) is 5.75 Å². The van der Waals surface area contributed by atoms with Crippen LogP contribution in [-0.2, 0) is 21.3 Å². The Bertz CT molecular complexity index is 829. The van der Waals surface area contributed by atoms with E-state index in [0.717, 1.165) is 5.56 Å². The van der Waals surface area contributed by atoms with Crippen molar-refractivity contribution in [3.63, 3.8) is 0 Å². The van der Waals surface area contributed by atoms with Crippen molar-refractivity contribution in [2.24, 2.45) is 0 Å². The van der Waals surface area contributed by atoms with Crippen LogP contribution < -0.4 is 10.1 Å². The quantitative estimate of drug-likeness (QED) is 0.818. The second-order valence-electron chi connectivity index (χ2n) is 7.13. The van der Waals surface area contributed by atoms with E-state index in [1.165, 1.54) is 4.31 Å². The average molecular weight is 381 g/mol. The van der Waals surface area contributed by atoms with Crippen LogP contribution in [0.25, 0.3) is 0 Å². The van der Waals surface area contributed by atoms with E-state index in [4.69, 9.17) is 9.47 Å². The van der Waals surface area contributed by atoms with E-state index in [0.29, 0.717) is 25.3 Å². The number of sulfonamides is 1.